The third-order valence-corrected chi connectivity index (χ3v) is 5.76. The SMILES string of the molecule is C=C1NC2=C(C(=O)CCC2)C(c2ccc(COc3ccc(OC)cc3)o2)C1C(=O)OCC. The topological polar surface area (TPSA) is 87.0 Å². The summed E-state index contributed by atoms with van der Waals surface area (Å²) < 4.78 is 22.3. The van der Waals surface area contributed by atoms with E-state index in [0.29, 0.717) is 35.0 Å². The normalized spacial score (nSPS) is 20.4. The number of carbonyl (C=O) groups is 2. The molecule has 168 valence electrons. The molecule has 0 fully saturated rings. The molecule has 2 heterocycles. The van der Waals surface area contributed by atoms with Gasteiger partial charge in [-0.3, -0.25) is 9.59 Å². The van der Waals surface area contributed by atoms with Gasteiger partial charge in [0.05, 0.1) is 19.6 Å². The highest BCUT2D eigenvalue weighted by Crippen LogP contribution is 2.44. The third kappa shape index (κ3) is 4.28. The molecule has 2 atom stereocenters. The van der Waals surface area contributed by atoms with E-state index in [0.717, 1.165) is 24.3 Å². The summed E-state index contributed by atoms with van der Waals surface area (Å²) in [6, 6.07) is 10.9. The van der Waals surface area contributed by atoms with Crippen LogP contribution in [0.3, 0.4) is 0 Å². The van der Waals surface area contributed by atoms with Crippen molar-refractivity contribution in [3.63, 3.8) is 0 Å². The van der Waals surface area contributed by atoms with E-state index in [9.17, 15) is 9.59 Å². The maximum Gasteiger partial charge on any atom is 0.316 e. The molecular formula is C25H27NO6. The van der Waals surface area contributed by atoms with Gasteiger partial charge in [-0.15, -0.1) is 0 Å². The average molecular weight is 437 g/mol. The van der Waals surface area contributed by atoms with Crippen LogP contribution in [0.1, 0.15) is 43.6 Å². The van der Waals surface area contributed by atoms with Crippen molar-refractivity contribution < 1.29 is 28.2 Å². The van der Waals surface area contributed by atoms with Gasteiger partial charge in [0.2, 0.25) is 0 Å². The maximum absolute atomic E-state index is 12.9. The fourth-order valence-electron chi connectivity index (χ4n) is 4.28. The van der Waals surface area contributed by atoms with Gasteiger partial charge in [0, 0.05) is 23.4 Å². The lowest BCUT2D eigenvalue weighted by molar-refractivity contribution is -0.147. The molecular weight excluding hydrogens is 410 g/mol. The average Bonchev–Trinajstić information content (AvgIpc) is 3.26. The predicted octanol–water partition coefficient (Wildman–Crippen LogP) is 4.25. The second kappa shape index (κ2) is 9.34. The number of nitrogens with one attached hydrogen (secondary N) is 1. The van der Waals surface area contributed by atoms with Gasteiger partial charge < -0.3 is 23.9 Å². The summed E-state index contributed by atoms with van der Waals surface area (Å²) in [4.78, 5) is 25.7. The minimum atomic E-state index is -0.739. The standard InChI is InChI=1S/C25H27NO6/c1-4-30-25(28)22-15(2)26-19-6-5-7-20(27)23(19)24(22)21-13-12-18(32-21)14-31-17-10-8-16(29-3)9-11-17/h8-13,22,24,26H,2,4-7,14H2,1,3H3. The van der Waals surface area contributed by atoms with E-state index in [4.69, 9.17) is 18.6 Å². The number of methoxy groups -OCH3 is 1. The van der Waals surface area contributed by atoms with Crippen molar-refractivity contribution in [3.8, 4) is 11.5 Å². The van der Waals surface area contributed by atoms with E-state index in [1.165, 1.54) is 0 Å². The molecule has 0 radical (unpaired) electrons. The molecule has 4 rings (SSSR count). The molecule has 1 N–H and O–H groups in total. The van der Waals surface area contributed by atoms with Gasteiger partial charge in [-0.1, -0.05) is 6.58 Å². The molecule has 0 bridgehead atoms. The molecule has 1 aromatic heterocycles. The number of hydrogen-bond donors (Lipinski definition) is 1. The highest BCUT2D eigenvalue weighted by atomic mass is 16.5. The Labute approximate surface area is 187 Å². The van der Waals surface area contributed by atoms with Crippen LogP contribution in [0.5, 0.6) is 11.5 Å². The predicted molar refractivity (Wildman–Crippen MR) is 117 cm³/mol. The van der Waals surface area contributed by atoms with Crippen molar-refractivity contribution in [1.29, 1.82) is 0 Å². The number of carbonyl (C=O) groups excluding carboxylic acids is 2. The number of esters is 1. The Hall–Kier alpha value is -3.48. The second-order valence-electron chi connectivity index (χ2n) is 7.79. The van der Waals surface area contributed by atoms with Crippen LogP contribution in [0, 0.1) is 5.92 Å². The van der Waals surface area contributed by atoms with Crippen molar-refractivity contribution in [2.24, 2.45) is 5.92 Å². The van der Waals surface area contributed by atoms with Crippen LogP contribution >= 0.6 is 0 Å². The van der Waals surface area contributed by atoms with Gasteiger partial charge in [-0.05, 0) is 56.2 Å². The van der Waals surface area contributed by atoms with Crippen LogP contribution in [0.2, 0.25) is 0 Å². The van der Waals surface area contributed by atoms with Crippen molar-refractivity contribution in [2.75, 3.05) is 13.7 Å². The molecule has 2 unspecified atom stereocenters. The zero-order valence-corrected chi connectivity index (χ0v) is 18.3. The molecule has 1 aromatic carbocycles. The number of rotatable bonds is 7. The number of ketones is 1. The maximum atomic E-state index is 12.9. The zero-order valence-electron chi connectivity index (χ0n) is 18.3. The Balaban J connectivity index is 1.61. The van der Waals surface area contributed by atoms with Crippen LogP contribution < -0.4 is 14.8 Å². The highest BCUT2D eigenvalue weighted by Gasteiger charge is 2.45. The summed E-state index contributed by atoms with van der Waals surface area (Å²) in [6.45, 7) is 6.26. The van der Waals surface area contributed by atoms with E-state index in [2.05, 4.69) is 11.9 Å². The van der Waals surface area contributed by atoms with Crippen molar-refractivity contribution >= 4 is 11.8 Å². The molecule has 2 aromatic rings. The van der Waals surface area contributed by atoms with Crippen molar-refractivity contribution in [1.82, 2.24) is 5.32 Å². The molecule has 0 spiro atoms. The molecule has 1 aliphatic carbocycles. The van der Waals surface area contributed by atoms with Crippen molar-refractivity contribution in [2.45, 2.75) is 38.7 Å². The monoisotopic (exact) mass is 437 g/mol. The number of Topliss-reactive ketones (excluding diaryl/α,β-unsaturated/α-hetero) is 1. The molecule has 7 heteroatoms. The Morgan fingerprint density at radius 3 is 2.62 bits per heavy atom. The van der Waals surface area contributed by atoms with Gasteiger partial charge in [-0.25, -0.2) is 0 Å². The quantitative estimate of drug-likeness (QED) is 0.648. The molecule has 0 amide bonds. The minimum absolute atomic E-state index is 0.0259. The summed E-state index contributed by atoms with van der Waals surface area (Å²) in [5.74, 6) is 0.837. The largest absolute Gasteiger partial charge is 0.497 e. The first kappa shape index (κ1) is 21.7. The van der Waals surface area contributed by atoms with Crippen molar-refractivity contribution in [3.05, 3.63) is 71.5 Å². The van der Waals surface area contributed by atoms with Crippen LogP contribution in [-0.2, 0) is 20.9 Å². The van der Waals surface area contributed by atoms with Crippen LogP contribution in [0.15, 0.2) is 64.4 Å². The lowest BCUT2D eigenvalue weighted by Gasteiger charge is -2.36. The van der Waals surface area contributed by atoms with Gasteiger partial charge in [0.15, 0.2) is 5.78 Å². The lowest BCUT2D eigenvalue weighted by Crippen LogP contribution is -2.41. The lowest BCUT2D eigenvalue weighted by atomic mass is 9.73. The van der Waals surface area contributed by atoms with Gasteiger partial charge in [0.25, 0.3) is 0 Å². The van der Waals surface area contributed by atoms with E-state index in [-0.39, 0.29) is 19.0 Å². The number of allylic oxidation sites excluding steroid dienone is 2. The molecule has 32 heavy (non-hydrogen) atoms. The van der Waals surface area contributed by atoms with Gasteiger partial charge in [-0.2, -0.15) is 0 Å². The molecule has 0 saturated carbocycles. The molecule has 2 aliphatic rings. The number of furan rings is 1. The minimum Gasteiger partial charge on any atom is -0.497 e. The summed E-state index contributed by atoms with van der Waals surface area (Å²) in [5.41, 5.74) is 1.94. The van der Waals surface area contributed by atoms with Crippen LogP contribution in [0.25, 0.3) is 0 Å². The van der Waals surface area contributed by atoms with Crippen LogP contribution in [0.4, 0.5) is 0 Å². The smallest absolute Gasteiger partial charge is 0.316 e. The summed E-state index contributed by atoms with van der Waals surface area (Å²) >= 11 is 0. The summed E-state index contributed by atoms with van der Waals surface area (Å²) in [5, 5.41) is 3.19. The highest BCUT2D eigenvalue weighted by molar-refractivity contribution is 6.00. The second-order valence-corrected chi connectivity index (χ2v) is 7.79. The Morgan fingerprint density at radius 2 is 1.91 bits per heavy atom. The fraction of sp³-hybridized carbons (Fsp3) is 0.360. The molecule has 7 nitrogen and oxygen atoms in total. The Morgan fingerprint density at radius 1 is 1.16 bits per heavy atom. The zero-order chi connectivity index (χ0) is 22.7. The Bertz CT molecular complexity index is 1050. The number of benzene rings is 1. The molecule has 1 aliphatic heterocycles. The first-order valence-corrected chi connectivity index (χ1v) is 10.8. The van der Waals surface area contributed by atoms with E-state index in [1.54, 1.807) is 26.2 Å². The number of hydrogen-bond acceptors (Lipinski definition) is 7. The Kier molecular flexibility index (Phi) is 6.35. The first-order chi connectivity index (χ1) is 15.5. The van der Waals surface area contributed by atoms with E-state index >= 15 is 0 Å². The number of ether oxygens (including phenoxy) is 3. The first-order valence-electron chi connectivity index (χ1n) is 10.8. The van der Waals surface area contributed by atoms with E-state index in [1.807, 2.05) is 24.3 Å². The summed E-state index contributed by atoms with van der Waals surface area (Å²) in [7, 11) is 1.61. The summed E-state index contributed by atoms with van der Waals surface area (Å²) in [6.07, 6.45) is 1.96. The van der Waals surface area contributed by atoms with Crippen LogP contribution in [-0.4, -0.2) is 25.5 Å². The van der Waals surface area contributed by atoms with Gasteiger partial charge >= 0.3 is 5.97 Å². The molecule has 0 saturated heterocycles. The fourth-order valence-corrected chi connectivity index (χ4v) is 4.28. The van der Waals surface area contributed by atoms with Gasteiger partial charge in [0.1, 0.15) is 35.5 Å². The van der Waals surface area contributed by atoms with E-state index < -0.39 is 17.8 Å². The third-order valence-electron chi connectivity index (χ3n) is 5.76.